The lowest BCUT2D eigenvalue weighted by Crippen LogP contribution is -2.26. The molecule has 0 bridgehead atoms. The SMILES string of the molecule is C1=CCN(c2occ3ccccc23)CC1. The van der Waals surface area contributed by atoms with E-state index in [-0.39, 0.29) is 0 Å². The van der Waals surface area contributed by atoms with Crippen LogP contribution in [0.4, 0.5) is 5.88 Å². The molecule has 0 aliphatic carbocycles. The molecule has 3 rings (SSSR count). The molecule has 2 heterocycles. The fourth-order valence-electron chi connectivity index (χ4n) is 2.05. The third kappa shape index (κ3) is 1.42. The second-order valence-electron chi connectivity index (χ2n) is 3.83. The fourth-order valence-corrected chi connectivity index (χ4v) is 2.05. The highest BCUT2D eigenvalue weighted by Crippen LogP contribution is 2.29. The van der Waals surface area contributed by atoms with Crippen molar-refractivity contribution in [3.63, 3.8) is 0 Å². The second-order valence-corrected chi connectivity index (χ2v) is 3.83. The Bertz CT molecular complexity index is 498. The molecule has 1 aliphatic heterocycles. The predicted molar refractivity (Wildman–Crippen MR) is 62.2 cm³/mol. The minimum atomic E-state index is 0.956. The van der Waals surface area contributed by atoms with E-state index in [0.717, 1.165) is 25.4 Å². The van der Waals surface area contributed by atoms with Gasteiger partial charge in [0.15, 0.2) is 0 Å². The van der Waals surface area contributed by atoms with Crippen LogP contribution in [0.5, 0.6) is 0 Å². The molecule has 0 spiro atoms. The molecule has 1 aromatic heterocycles. The first-order valence-electron chi connectivity index (χ1n) is 5.31. The van der Waals surface area contributed by atoms with Crippen molar-refractivity contribution in [3.8, 4) is 0 Å². The summed E-state index contributed by atoms with van der Waals surface area (Å²) >= 11 is 0. The van der Waals surface area contributed by atoms with Gasteiger partial charge in [-0.3, -0.25) is 0 Å². The zero-order valence-corrected chi connectivity index (χ0v) is 8.52. The van der Waals surface area contributed by atoms with Crippen molar-refractivity contribution in [1.82, 2.24) is 0 Å². The first-order valence-corrected chi connectivity index (χ1v) is 5.31. The van der Waals surface area contributed by atoms with E-state index in [1.807, 2.05) is 12.3 Å². The van der Waals surface area contributed by atoms with E-state index < -0.39 is 0 Å². The molecule has 1 aromatic carbocycles. The summed E-state index contributed by atoms with van der Waals surface area (Å²) in [6, 6.07) is 8.30. The first kappa shape index (κ1) is 8.60. The van der Waals surface area contributed by atoms with Crippen LogP contribution in [0.2, 0.25) is 0 Å². The van der Waals surface area contributed by atoms with E-state index in [2.05, 4.69) is 35.3 Å². The Kier molecular flexibility index (Phi) is 1.98. The lowest BCUT2D eigenvalue weighted by molar-refractivity contribution is 0.552. The number of hydrogen-bond acceptors (Lipinski definition) is 2. The van der Waals surface area contributed by atoms with Crippen LogP contribution in [0.25, 0.3) is 10.8 Å². The van der Waals surface area contributed by atoms with Crippen molar-refractivity contribution in [2.75, 3.05) is 18.0 Å². The molecule has 15 heavy (non-hydrogen) atoms. The van der Waals surface area contributed by atoms with Crippen molar-refractivity contribution in [2.24, 2.45) is 0 Å². The minimum Gasteiger partial charge on any atom is -0.448 e. The summed E-state index contributed by atoms with van der Waals surface area (Å²) in [6.45, 7) is 2.01. The van der Waals surface area contributed by atoms with Gasteiger partial charge in [-0.1, -0.05) is 30.4 Å². The summed E-state index contributed by atoms with van der Waals surface area (Å²) in [5, 5.41) is 2.40. The van der Waals surface area contributed by atoms with Crippen LogP contribution in [-0.4, -0.2) is 13.1 Å². The van der Waals surface area contributed by atoms with Gasteiger partial charge in [0, 0.05) is 23.9 Å². The number of hydrogen-bond donors (Lipinski definition) is 0. The molecular formula is C13H13NO. The van der Waals surface area contributed by atoms with Gasteiger partial charge in [0.25, 0.3) is 0 Å². The molecule has 2 nitrogen and oxygen atoms in total. The summed E-state index contributed by atoms with van der Waals surface area (Å²) in [5.74, 6) is 1.01. The van der Waals surface area contributed by atoms with E-state index >= 15 is 0 Å². The number of nitrogens with zero attached hydrogens (tertiary/aromatic N) is 1. The molecular weight excluding hydrogens is 186 g/mol. The normalized spacial score (nSPS) is 16.1. The minimum absolute atomic E-state index is 0.956. The van der Waals surface area contributed by atoms with E-state index in [1.54, 1.807) is 0 Å². The van der Waals surface area contributed by atoms with Gasteiger partial charge in [-0.15, -0.1) is 0 Å². The monoisotopic (exact) mass is 199 g/mol. The van der Waals surface area contributed by atoms with Crippen molar-refractivity contribution >= 4 is 16.7 Å². The topological polar surface area (TPSA) is 16.4 Å². The van der Waals surface area contributed by atoms with Crippen LogP contribution in [-0.2, 0) is 0 Å². The molecule has 0 fully saturated rings. The average molecular weight is 199 g/mol. The Morgan fingerprint density at radius 2 is 2.07 bits per heavy atom. The van der Waals surface area contributed by atoms with Gasteiger partial charge >= 0.3 is 0 Å². The van der Waals surface area contributed by atoms with Gasteiger partial charge in [-0.2, -0.15) is 0 Å². The second kappa shape index (κ2) is 3.46. The Morgan fingerprint density at radius 3 is 2.93 bits per heavy atom. The smallest absolute Gasteiger partial charge is 0.203 e. The van der Waals surface area contributed by atoms with E-state index in [4.69, 9.17) is 4.42 Å². The fraction of sp³-hybridized carbons (Fsp3) is 0.231. The third-order valence-corrected chi connectivity index (χ3v) is 2.83. The maximum Gasteiger partial charge on any atom is 0.203 e. The van der Waals surface area contributed by atoms with Gasteiger partial charge in [-0.25, -0.2) is 0 Å². The molecule has 0 saturated carbocycles. The predicted octanol–water partition coefficient (Wildman–Crippen LogP) is 3.20. The molecule has 0 atom stereocenters. The van der Waals surface area contributed by atoms with Crippen LogP contribution in [0.3, 0.4) is 0 Å². The van der Waals surface area contributed by atoms with Crippen molar-refractivity contribution < 1.29 is 4.42 Å². The quantitative estimate of drug-likeness (QED) is 0.656. The Balaban J connectivity index is 2.07. The molecule has 76 valence electrons. The summed E-state index contributed by atoms with van der Waals surface area (Å²) in [7, 11) is 0. The van der Waals surface area contributed by atoms with Crippen LogP contribution in [0.1, 0.15) is 6.42 Å². The average Bonchev–Trinajstić information content (AvgIpc) is 2.74. The number of anilines is 1. The van der Waals surface area contributed by atoms with E-state index in [0.29, 0.717) is 0 Å². The maximum atomic E-state index is 5.65. The van der Waals surface area contributed by atoms with E-state index in [9.17, 15) is 0 Å². The lowest BCUT2D eigenvalue weighted by atomic mass is 10.2. The number of rotatable bonds is 1. The van der Waals surface area contributed by atoms with Gasteiger partial charge in [0.2, 0.25) is 5.88 Å². The summed E-state index contributed by atoms with van der Waals surface area (Å²) in [6.07, 6.45) is 7.36. The van der Waals surface area contributed by atoms with Crippen LogP contribution in [0, 0.1) is 0 Å². The highest BCUT2D eigenvalue weighted by Gasteiger charge is 2.13. The molecule has 2 aromatic rings. The zero-order chi connectivity index (χ0) is 10.1. The Hall–Kier alpha value is -1.70. The Morgan fingerprint density at radius 1 is 1.13 bits per heavy atom. The van der Waals surface area contributed by atoms with Gasteiger partial charge in [0.05, 0.1) is 0 Å². The van der Waals surface area contributed by atoms with Gasteiger partial charge in [0.1, 0.15) is 6.26 Å². The van der Waals surface area contributed by atoms with Crippen molar-refractivity contribution in [2.45, 2.75) is 6.42 Å². The summed E-state index contributed by atoms with van der Waals surface area (Å²) in [4.78, 5) is 2.28. The van der Waals surface area contributed by atoms with Crippen LogP contribution >= 0.6 is 0 Å². The first-order chi connectivity index (χ1) is 7.45. The van der Waals surface area contributed by atoms with Gasteiger partial charge < -0.3 is 9.32 Å². The number of fused-ring (bicyclic) bond motifs is 1. The summed E-state index contributed by atoms with van der Waals surface area (Å²) < 4.78 is 5.65. The summed E-state index contributed by atoms with van der Waals surface area (Å²) in [5.41, 5.74) is 0. The molecule has 0 unspecified atom stereocenters. The third-order valence-electron chi connectivity index (χ3n) is 2.83. The zero-order valence-electron chi connectivity index (χ0n) is 8.52. The van der Waals surface area contributed by atoms with Crippen LogP contribution in [0.15, 0.2) is 47.1 Å². The van der Waals surface area contributed by atoms with Crippen molar-refractivity contribution in [1.29, 1.82) is 0 Å². The molecule has 2 heteroatoms. The number of furan rings is 1. The lowest BCUT2D eigenvalue weighted by Gasteiger charge is -2.22. The van der Waals surface area contributed by atoms with Gasteiger partial charge in [-0.05, 0) is 12.5 Å². The Labute approximate surface area is 88.8 Å². The molecule has 0 radical (unpaired) electrons. The van der Waals surface area contributed by atoms with E-state index in [1.165, 1.54) is 10.8 Å². The highest BCUT2D eigenvalue weighted by molar-refractivity contribution is 5.91. The molecule has 1 aliphatic rings. The maximum absolute atomic E-state index is 5.65. The van der Waals surface area contributed by atoms with Crippen molar-refractivity contribution in [3.05, 3.63) is 42.7 Å². The molecule has 0 amide bonds. The largest absolute Gasteiger partial charge is 0.448 e. The molecule has 0 saturated heterocycles. The highest BCUT2D eigenvalue weighted by atomic mass is 16.3. The number of benzene rings is 1. The standard InChI is InChI=1S/C13H13NO/c1-4-8-14(9-5-1)13-12-7-3-2-6-11(12)10-15-13/h1-4,6-7,10H,5,8-9H2. The van der Waals surface area contributed by atoms with Crippen LogP contribution < -0.4 is 4.90 Å². The molecule has 0 N–H and O–H groups in total.